The molecule has 3 aromatic heterocycles. The summed E-state index contributed by atoms with van der Waals surface area (Å²) in [7, 11) is 0. The molecule has 3 aromatic rings. The van der Waals surface area contributed by atoms with Crippen LogP contribution in [0.5, 0.6) is 0 Å². The SMILES string of the molecule is N#Cc1c(NC(=O)CSc2nnc(Cn3cncn3)o2)sc2c1CCCCC2. The number of hydrogen-bond acceptors (Lipinski definition) is 9. The van der Waals surface area contributed by atoms with Crippen LogP contribution in [0.3, 0.4) is 0 Å². The third-order valence-corrected chi connectivity index (χ3v) is 6.35. The van der Waals surface area contributed by atoms with E-state index < -0.39 is 0 Å². The minimum Gasteiger partial charge on any atom is -0.414 e. The molecule has 0 aromatic carbocycles. The molecule has 144 valence electrons. The fourth-order valence-electron chi connectivity index (χ4n) is 3.05. The highest BCUT2D eigenvalue weighted by Gasteiger charge is 2.21. The van der Waals surface area contributed by atoms with Crippen LogP contribution >= 0.6 is 23.1 Å². The average Bonchev–Trinajstić information content (AvgIpc) is 3.39. The van der Waals surface area contributed by atoms with Gasteiger partial charge in [0.05, 0.1) is 11.3 Å². The number of aromatic nitrogens is 5. The number of hydrogen-bond donors (Lipinski definition) is 1. The summed E-state index contributed by atoms with van der Waals surface area (Å²) >= 11 is 2.68. The lowest BCUT2D eigenvalue weighted by atomic mass is 10.1. The molecule has 3 heterocycles. The van der Waals surface area contributed by atoms with Crippen LogP contribution in [0.25, 0.3) is 0 Å². The van der Waals surface area contributed by atoms with Crippen molar-refractivity contribution in [3.8, 4) is 6.07 Å². The molecule has 4 rings (SSSR count). The number of aryl methyl sites for hydroxylation is 1. The van der Waals surface area contributed by atoms with Crippen LogP contribution in [0.15, 0.2) is 22.3 Å². The zero-order valence-corrected chi connectivity index (χ0v) is 16.6. The van der Waals surface area contributed by atoms with E-state index in [2.05, 4.69) is 31.7 Å². The molecule has 9 nitrogen and oxygen atoms in total. The number of nitrogens with one attached hydrogen (secondary N) is 1. The molecule has 0 fully saturated rings. The molecule has 0 aliphatic heterocycles. The summed E-state index contributed by atoms with van der Waals surface area (Å²) in [6.45, 7) is 0.325. The fraction of sp³-hybridized carbons (Fsp3) is 0.412. The van der Waals surface area contributed by atoms with Crippen molar-refractivity contribution in [2.45, 2.75) is 43.9 Å². The molecule has 0 unspecified atom stereocenters. The van der Waals surface area contributed by atoms with Gasteiger partial charge in [-0.2, -0.15) is 10.4 Å². The lowest BCUT2D eigenvalue weighted by Crippen LogP contribution is -2.14. The highest BCUT2D eigenvalue weighted by Crippen LogP contribution is 2.37. The Balaban J connectivity index is 1.35. The second kappa shape index (κ2) is 8.53. The maximum atomic E-state index is 12.4. The van der Waals surface area contributed by atoms with Gasteiger partial charge in [-0.25, -0.2) is 9.67 Å². The van der Waals surface area contributed by atoms with Gasteiger partial charge in [0.15, 0.2) is 0 Å². The predicted octanol–water partition coefficient (Wildman–Crippen LogP) is 2.64. The first kappa shape index (κ1) is 18.6. The minimum absolute atomic E-state index is 0.123. The molecule has 0 spiro atoms. The second-order valence-electron chi connectivity index (χ2n) is 6.27. The number of anilines is 1. The highest BCUT2D eigenvalue weighted by atomic mass is 32.2. The molecule has 1 amide bonds. The summed E-state index contributed by atoms with van der Waals surface area (Å²) in [6.07, 6.45) is 8.29. The van der Waals surface area contributed by atoms with E-state index in [0.29, 0.717) is 28.2 Å². The predicted molar refractivity (Wildman–Crippen MR) is 103 cm³/mol. The van der Waals surface area contributed by atoms with Gasteiger partial charge in [-0.05, 0) is 31.2 Å². The number of thioether (sulfide) groups is 1. The van der Waals surface area contributed by atoms with E-state index in [4.69, 9.17) is 4.42 Å². The molecule has 0 saturated heterocycles. The molecule has 28 heavy (non-hydrogen) atoms. The quantitative estimate of drug-likeness (QED) is 0.481. The Morgan fingerprint density at radius 3 is 3.07 bits per heavy atom. The zero-order chi connectivity index (χ0) is 19.3. The van der Waals surface area contributed by atoms with Crippen molar-refractivity contribution >= 4 is 34.0 Å². The minimum atomic E-state index is -0.200. The van der Waals surface area contributed by atoms with E-state index >= 15 is 0 Å². The van der Waals surface area contributed by atoms with E-state index in [9.17, 15) is 10.1 Å². The number of amides is 1. The van der Waals surface area contributed by atoms with Crippen molar-refractivity contribution in [2.24, 2.45) is 0 Å². The van der Waals surface area contributed by atoms with E-state index in [-0.39, 0.29) is 11.7 Å². The summed E-state index contributed by atoms with van der Waals surface area (Å²) in [5.41, 5.74) is 1.73. The van der Waals surface area contributed by atoms with Gasteiger partial charge >= 0.3 is 0 Å². The van der Waals surface area contributed by atoms with Crippen molar-refractivity contribution < 1.29 is 9.21 Å². The Kier molecular flexibility index (Phi) is 5.68. The van der Waals surface area contributed by atoms with E-state index in [1.54, 1.807) is 11.0 Å². The Hall–Kier alpha value is -2.71. The van der Waals surface area contributed by atoms with Gasteiger partial charge in [-0.1, -0.05) is 18.2 Å². The topological polar surface area (TPSA) is 123 Å². The zero-order valence-electron chi connectivity index (χ0n) is 14.9. The lowest BCUT2D eigenvalue weighted by Gasteiger charge is -2.02. The molecule has 1 aliphatic rings. The molecule has 1 aliphatic carbocycles. The first-order valence-electron chi connectivity index (χ1n) is 8.85. The smallest absolute Gasteiger partial charge is 0.277 e. The molecule has 0 saturated carbocycles. The molecule has 1 N–H and O–H groups in total. The number of fused-ring (bicyclic) bond motifs is 1. The van der Waals surface area contributed by atoms with Crippen molar-refractivity contribution in [3.05, 3.63) is 34.5 Å². The van der Waals surface area contributed by atoms with Gasteiger partial charge in [0, 0.05) is 4.88 Å². The van der Waals surface area contributed by atoms with Crippen LogP contribution < -0.4 is 5.32 Å². The lowest BCUT2D eigenvalue weighted by molar-refractivity contribution is -0.113. The van der Waals surface area contributed by atoms with Crippen molar-refractivity contribution in [2.75, 3.05) is 11.1 Å². The first-order chi connectivity index (χ1) is 13.7. The van der Waals surface area contributed by atoms with E-state index in [0.717, 1.165) is 43.0 Å². The van der Waals surface area contributed by atoms with E-state index in [1.807, 2.05) is 0 Å². The number of thiophene rings is 1. The normalized spacial score (nSPS) is 13.5. The molecule has 11 heteroatoms. The van der Waals surface area contributed by atoms with Crippen LogP contribution in [0, 0.1) is 11.3 Å². The molecular formula is C17H17N7O2S2. The third-order valence-electron chi connectivity index (χ3n) is 4.32. The molecule has 0 radical (unpaired) electrons. The highest BCUT2D eigenvalue weighted by molar-refractivity contribution is 7.99. The van der Waals surface area contributed by atoms with Gasteiger partial charge in [0.2, 0.25) is 11.8 Å². The van der Waals surface area contributed by atoms with Gasteiger partial charge in [0.1, 0.15) is 30.3 Å². The maximum Gasteiger partial charge on any atom is 0.277 e. The van der Waals surface area contributed by atoms with Crippen molar-refractivity contribution in [3.63, 3.8) is 0 Å². The van der Waals surface area contributed by atoms with Crippen LogP contribution in [-0.4, -0.2) is 36.6 Å². The number of nitrogens with zero attached hydrogens (tertiary/aromatic N) is 6. The Labute approximate surface area is 169 Å². The summed E-state index contributed by atoms with van der Waals surface area (Å²) in [5, 5.41) is 25.2. The summed E-state index contributed by atoms with van der Waals surface area (Å²) in [6, 6.07) is 2.27. The number of nitriles is 1. The summed E-state index contributed by atoms with van der Waals surface area (Å²) in [5.74, 6) is 0.314. The molecule has 0 bridgehead atoms. The average molecular weight is 416 g/mol. The largest absolute Gasteiger partial charge is 0.414 e. The number of rotatable bonds is 6. The Morgan fingerprint density at radius 1 is 1.36 bits per heavy atom. The van der Waals surface area contributed by atoms with Crippen LogP contribution in [0.1, 0.15) is 41.2 Å². The van der Waals surface area contributed by atoms with Gasteiger partial charge in [0.25, 0.3) is 5.22 Å². The monoisotopic (exact) mass is 415 g/mol. The summed E-state index contributed by atoms with van der Waals surface area (Å²) in [4.78, 5) is 17.4. The van der Waals surface area contributed by atoms with Crippen molar-refractivity contribution in [1.29, 1.82) is 5.26 Å². The first-order valence-corrected chi connectivity index (χ1v) is 10.6. The van der Waals surface area contributed by atoms with Crippen LogP contribution in [0.2, 0.25) is 0 Å². The van der Waals surface area contributed by atoms with Crippen molar-refractivity contribution in [1.82, 2.24) is 25.0 Å². The Bertz CT molecular complexity index is 1000. The summed E-state index contributed by atoms with van der Waals surface area (Å²) < 4.78 is 7.07. The van der Waals surface area contributed by atoms with E-state index in [1.165, 1.54) is 29.0 Å². The maximum absolute atomic E-state index is 12.4. The second-order valence-corrected chi connectivity index (χ2v) is 8.30. The third kappa shape index (κ3) is 4.23. The fourth-order valence-corrected chi connectivity index (χ4v) is 4.89. The number of carbonyl (C=O) groups is 1. The molecule has 0 atom stereocenters. The van der Waals surface area contributed by atoms with Gasteiger partial charge in [-0.3, -0.25) is 4.79 Å². The van der Waals surface area contributed by atoms with Crippen LogP contribution in [0.4, 0.5) is 5.00 Å². The molecular weight excluding hydrogens is 398 g/mol. The van der Waals surface area contributed by atoms with Gasteiger partial charge < -0.3 is 9.73 Å². The standard InChI is InChI=1S/C17H17N7O2S2/c18-6-12-11-4-2-1-3-5-13(11)28-16(12)21-14(25)8-27-17-23-22-15(26-17)7-24-10-19-9-20-24/h9-10H,1-5,7-8H2,(H,21,25). The van der Waals surface area contributed by atoms with Gasteiger partial charge in [-0.15, -0.1) is 21.5 Å². The van der Waals surface area contributed by atoms with Crippen LogP contribution in [-0.2, 0) is 24.2 Å². The Morgan fingerprint density at radius 2 is 2.25 bits per heavy atom. The number of carbonyl (C=O) groups excluding carboxylic acids is 1.